The van der Waals surface area contributed by atoms with Crippen LogP contribution in [0.5, 0.6) is 0 Å². The summed E-state index contributed by atoms with van der Waals surface area (Å²) >= 11 is 0. The highest BCUT2D eigenvalue weighted by atomic mass is 16.4. The van der Waals surface area contributed by atoms with Crippen molar-refractivity contribution in [1.29, 1.82) is 0 Å². The Labute approximate surface area is 66.7 Å². The fourth-order valence-electron chi connectivity index (χ4n) is 1.61. The van der Waals surface area contributed by atoms with Crippen molar-refractivity contribution >= 4 is 0 Å². The van der Waals surface area contributed by atoms with Crippen molar-refractivity contribution in [3.8, 4) is 0 Å². The van der Waals surface area contributed by atoms with Crippen molar-refractivity contribution < 1.29 is 15.3 Å². The molecule has 0 radical (unpaired) electrons. The van der Waals surface area contributed by atoms with E-state index < -0.39 is 18.3 Å². The predicted molar refractivity (Wildman–Crippen MR) is 41.0 cm³/mol. The van der Waals surface area contributed by atoms with Gasteiger partial charge in [-0.3, -0.25) is 0 Å². The summed E-state index contributed by atoms with van der Waals surface area (Å²) in [6.45, 7) is 3.87. The molecule has 1 aliphatic carbocycles. The first-order valence-electron chi connectivity index (χ1n) is 4.08. The van der Waals surface area contributed by atoms with Crippen LogP contribution in [-0.4, -0.2) is 33.6 Å². The maximum atomic E-state index is 9.38. The lowest BCUT2D eigenvalue weighted by Gasteiger charge is -2.37. The van der Waals surface area contributed by atoms with Crippen LogP contribution in [0.4, 0.5) is 0 Å². The fourth-order valence-corrected chi connectivity index (χ4v) is 1.61. The van der Waals surface area contributed by atoms with Gasteiger partial charge in [-0.25, -0.2) is 0 Å². The molecule has 0 aromatic carbocycles. The number of hydrogen-bond acceptors (Lipinski definition) is 3. The maximum absolute atomic E-state index is 9.38. The van der Waals surface area contributed by atoms with E-state index in [0.717, 1.165) is 0 Å². The zero-order valence-corrected chi connectivity index (χ0v) is 6.94. The highest BCUT2D eigenvalue weighted by Gasteiger charge is 2.37. The average molecular weight is 160 g/mol. The fraction of sp³-hybridized carbons (Fsp3) is 1.00. The van der Waals surface area contributed by atoms with Crippen LogP contribution >= 0.6 is 0 Å². The van der Waals surface area contributed by atoms with Gasteiger partial charge in [0.1, 0.15) is 6.10 Å². The molecule has 0 heterocycles. The highest BCUT2D eigenvalue weighted by molar-refractivity contribution is 4.88. The van der Waals surface area contributed by atoms with Gasteiger partial charge < -0.3 is 15.3 Å². The molecule has 3 heteroatoms. The van der Waals surface area contributed by atoms with Gasteiger partial charge in [0.15, 0.2) is 0 Å². The molecule has 1 saturated carbocycles. The molecule has 0 aromatic heterocycles. The summed E-state index contributed by atoms with van der Waals surface area (Å²) < 4.78 is 0. The Morgan fingerprint density at radius 3 is 2.09 bits per heavy atom. The summed E-state index contributed by atoms with van der Waals surface area (Å²) in [4.78, 5) is 0. The summed E-state index contributed by atoms with van der Waals surface area (Å²) in [6, 6.07) is 0. The second-order valence-electron chi connectivity index (χ2n) is 3.62. The van der Waals surface area contributed by atoms with Crippen LogP contribution in [0.3, 0.4) is 0 Å². The Bertz CT molecular complexity index is 123. The Morgan fingerprint density at radius 1 is 1.00 bits per heavy atom. The molecule has 66 valence electrons. The van der Waals surface area contributed by atoms with E-state index in [1.807, 2.05) is 13.8 Å². The van der Waals surface area contributed by atoms with Crippen LogP contribution < -0.4 is 0 Å². The van der Waals surface area contributed by atoms with Gasteiger partial charge in [-0.1, -0.05) is 13.8 Å². The van der Waals surface area contributed by atoms with Crippen molar-refractivity contribution in [3.63, 3.8) is 0 Å². The predicted octanol–water partition coefficient (Wildman–Crippen LogP) is -0.255. The van der Waals surface area contributed by atoms with Gasteiger partial charge in [0.25, 0.3) is 0 Å². The molecular weight excluding hydrogens is 144 g/mol. The average Bonchev–Trinajstić information content (AvgIpc) is 1.97. The van der Waals surface area contributed by atoms with E-state index >= 15 is 0 Å². The molecule has 0 unspecified atom stereocenters. The summed E-state index contributed by atoms with van der Waals surface area (Å²) in [5.41, 5.74) is 0. The minimum absolute atomic E-state index is 0.0772. The Balaban J connectivity index is 2.63. The SMILES string of the molecule is C[C@@H]1[C@@H](O)[C@H](O)[C@@H](O)C[C@@H]1C. The first-order chi connectivity index (χ1) is 5.04. The smallest absolute Gasteiger partial charge is 0.106 e. The molecule has 0 amide bonds. The molecule has 1 aliphatic rings. The van der Waals surface area contributed by atoms with Gasteiger partial charge in [0, 0.05) is 0 Å². The first kappa shape index (κ1) is 8.97. The van der Waals surface area contributed by atoms with Gasteiger partial charge >= 0.3 is 0 Å². The molecule has 0 spiro atoms. The molecule has 1 rings (SSSR count). The normalized spacial score (nSPS) is 52.6. The van der Waals surface area contributed by atoms with Crippen molar-refractivity contribution in [2.24, 2.45) is 11.8 Å². The molecule has 3 N–H and O–H groups in total. The third-order valence-corrected chi connectivity index (χ3v) is 2.79. The maximum Gasteiger partial charge on any atom is 0.106 e. The van der Waals surface area contributed by atoms with Gasteiger partial charge in [-0.15, -0.1) is 0 Å². The molecule has 3 nitrogen and oxygen atoms in total. The minimum atomic E-state index is -0.957. The van der Waals surface area contributed by atoms with Gasteiger partial charge in [0.2, 0.25) is 0 Å². The van der Waals surface area contributed by atoms with Crippen molar-refractivity contribution in [1.82, 2.24) is 0 Å². The zero-order chi connectivity index (χ0) is 8.59. The minimum Gasteiger partial charge on any atom is -0.390 e. The first-order valence-corrected chi connectivity index (χ1v) is 4.08. The number of hydrogen-bond donors (Lipinski definition) is 3. The third kappa shape index (κ3) is 1.55. The molecule has 0 bridgehead atoms. The van der Waals surface area contributed by atoms with E-state index in [9.17, 15) is 15.3 Å². The van der Waals surface area contributed by atoms with E-state index in [4.69, 9.17) is 0 Å². The molecule has 0 aliphatic heterocycles. The summed E-state index contributed by atoms with van der Waals surface area (Å²) in [7, 11) is 0. The lowest BCUT2D eigenvalue weighted by molar-refractivity contribution is -0.123. The van der Waals surface area contributed by atoms with Crippen LogP contribution in [0, 0.1) is 11.8 Å². The zero-order valence-electron chi connectivity index (χ0n) is 6.94. The molecule has 0 saturated heterocycles. The van der Waals surface area contributed by atoms with Crippen LogP contribution in [0.2, 0.25) is 0 Å². The Hall–Kier alpha value is -0.120. The third-order valence-electron chi connectivity index (χ3n) is 2.79. The number of rotatable bonds is 0. The molecule has 1 fully saturated rings. The van der Waals surface area contributed by atoms with Crippen LogP contribution in [0.1, 0.15) is 20.3 Å². The molecule has 11 heavy (non-hydrogen) atoms. The van der Waals surface area contributed by atoms with Gasteiger partial charge in [-0.2, -0.15) is 0 Å². The lowest BCUT2D eigenvalue weighted by atomic mass is 9.76. The van der Waals surface area contributed by atoms with Crippen LogP contribution in [0.25, 0.3) is 0 Å². The van der Waals surface area contributed by atoms with Crippen molar-refractivity contribution in [2.45, 2.75) is 38.6 Å². The second-order valence-corrected chi connectivity index (χ2v) is 3.62. The Morgan fingerprint density at radius 2 is 1.55 bits per heavy atom. The summed E-state index contributed by atoms with van der Waals surface area (Å²) in [5, 5.41) is 27.8. The lowest BCUT2D eigenvalue weighted by Crippen LogP contribution is -2.48. The Kier molecular flexibility index (Phi) is 2.52. The standard InChI is InChI=1S/C8H16O3/c1-4-3-6(9)8(11)7(10)5(4)2/h4-11H,3H2,1-2H3/t4-,5-,6-,7+,8+/m0/s1. The monoisotopic (exact) mass is 160 g/mol. The largest absolute Gasteiger partial charge is 0.390 e. The molecule has 0 aromatic rings. The molecular formula is C8H16O3. The quantitative estimate of drug-likeness (QED) is 0.458. The van der Waals surface area contributed by atoms with Crippen LogP contribution in [-0.2, 0) is 0 Å². The van der Waals surface area contributed by atoms with Crippen LogP contribution in [0.15, 0.2) is 0 Å². The number of aliphatic hydroxyl groups is 3. The van der Waals surface area contributed by atoms with Crippen molar-refractivity contribution in [3.05, 3.63) is 0 Å². The highest BCUT2D eigenvalue weighted by Crippen LogP contribution is 2.29. The topological polar surface area (TPSA) is 60.7 Å². The molecule has 5 atom stereocenters. The van der Waals surface area contributed by atoms with E-state index in [1.54, 1.807) is 0 Å². The number of aliphatic hydroxyl groups excluding tert-OH is 3. The van der Waals surface area contributed by atoms with E-state index in [1.165, 1.54) is 0 Å². The van der Waals surface area contributed by atoms with Gasteiger partial charge in [-0.05, 0) is 18.3 Å². The van der Waals surface area contributed by atoms with E-state index in [0.29, 0.717) is 6.42 Å². The van der Waals surface area contributed by atoms with E-state index in [-0.39, 0.29) is 11.8 Å². The van der Waals surface area contributed by atoms with E-state index in [2.05, 4.69) is 0 Å². The van der Waals surface area contributed by atoms with Crippen molar-refractivity contribution in [2.75, 3.05) is 0 Å². The summed E-state index contributed by atoms with van der Waals surface area (Å²) in [6.07, 6.45) is -1.90. The second kappa shape index (κ2) is 3.09. The summed E-state index contributed by atoms with van der Waals surface area (Å²) in [5.74, 6) is 0.358. The van der Waals surface area contributed by atoms with Gasteiger partial charge in [0.05, 0.1) is 12.2 Å².